The van der Waals surface area contributed by atoms with Crippen molar-refractivity contribution in [1.29, 1.82) is 0 Å². The first-order valence-corrected chi connectivity index (χ1v) is 12.7. The van der Waals surface area contributed by atoms with Crippen molar-refractivity contribution in [2.45, 2.75) is 6.92 Å². The first-order chi connectivity index (χ1) is 19.0. The number of hydrazine groups is 1. The molecule has 1 saturated heterocycles. The van der Waals surface area contributed by atoms with E-state index in [1.807, 2.05) is 6.92 Å². The number of thiocarbonyl (C=S) groups is 1. The molecule has 3 aromatic carbocycles. The minimum absolute atomic E-state index is 0.0893. The second-order valence-electron chi connectivity index (χ2n) is 8.12. The van der Waals surface area contributed by atoms with Crippen LogP contribution in [-0.2, 0) is 4.79 Å². The Morgan fingerprint density at radius 3 is 2.42 bits per heavy atom. The van der Waals surface area contributed by atoms with Crippen molar-refractivity contribution < 1.29 is 28.9 Å². The van der Waals surface area contributed by atoms with Crippen LogP contribution in [0.15, 0.2) is 59.5 Å². The van der Waals surface area contributed by atoms with Crippen LogP contribution in [0.5, 0.6) is 17.2 Å². The van der Waals surface area contributed by atoms with Crippen LogP contribution in [0, 0.1) is 27.2 Å². The third-order valence-corrected chi connectivity index (χ3v) is 7.05. The monoisotopic (exact) mass is 600 g/mol. The Balaban J connectivity index is 1.55. The molecule has 2 amide bonds. The second-order valence-corrected chi connectivity index (χ2v) is 10.2. The fourth-order valence-corrected chi connectivity index (χ4v) is 5.01. The lowest BCUT2D eigenvalue weighted by atomic mass is 10.1. The molecular weight excluding hydrogens is 584 g/mol. The van der Waals surface area contributed by atoms with Crippen molar-refractivity contribution in [2.75, 3.05) is 7.11 Å². The third-order valence-electron chi connectivity index (χ3n) is 5.43. The van der Waals surface area contributed by atoms with E-state index >= 15 is 0 Å². The summed E-state index contributed by atoms with van der Waals surface area (Å²) < 4.78 is 11.1. The molecule has 204 valence electrons. The molecular formula is C25H17ClN4O8S2. The summed E-state index contributed by atoms with van der Waals surface area (Å²) in [5.74, 6) is -1.14. The van der Waals surface area contributed by atoms with Gasteiger partial charge in [-0.1, -0.05) is 35.5 Å². The highest BCUT2D eigenvalue weighted by Crippen LogP contribution is 2.39. The number of thioether (sulfide) groups is 1. The van der Waals surface area contributed by atoms with E-state index < -0.39 is 33.0 Å². The fraction of sp³-hybridized carbons (Fsp3) is 0.0800. The van der Waals surface area contributed by atoms with Gasteiger partial charge in [0.1, 0.15) is 0 Å². The number of halogens is 1. The number of aryl methyl sites for hydroxylation is 1. The van der Waals surface area contributed by atoms with Crippen LogP contribution in [0.1, 0.15) is 21.5 Å². The van der Waals surface area contributed by atoms with Gasteiger partial charge in [-0.25, -0.2) is 0 Å². The summed E-state index contributed by atoms with van der Waals surface area (Å²) in [6, 6.07) is 12.4. The van der Waals surface area contributed by atoms with Crippen LogP contribution < -0.4 is 14.9 Å². The average Bonchev–Trinajstić information content (AvgIpc) is 3.16. The summed E-state index contributed by atoms with van der Waals surface area (Å²) >= 11 is 12.4. The maximum absolute atomic E-state index is 13.0. The lowest BCUT2D eigenvalue weighted by Gasteiger charge is -2.16. The quantitative estimate of drug-likeness (QED) is 0.145. The van der Waals surface area contributed by atoms with Crippen LogP contribution >= 0.6 is 35.6 Å². The molecule has 1 fully saturated rings. The molecule has 12 nitrogen and oxygen atoms in total. The highest BCUT2D eigenvalue weighted by atomic mass is 35.5. The van der Waals surface area contributed by atoms with Crippen LogP contribution in [0.4, 0.5) is 11.4 Å². The van der Waals surface area contributed by atoms with Crippen LogP contribution in [0.3, 0.4) is 0 Å². The number of ether oxygens (including phenoxy) is 2. The van der Waals surface area contributed by atoms with Gasteiger partial charge in [0.2, 0.25) is 5.75 Å². The number of hydrogen-bond donors (Lipinski definition) is 1. The third kappa shape index (κ3) is 6.03. The smallest absolute Gasteiger partial charge is 0.318 e. The predicted molar refractivity (Wildman–Crippen MR) is 151 cm³/mol. The largest absolute Gasteiger partial charge is 0.493 e. The Bertz CT molecular complexity index is 1630. The zero-order valence-corrected chi connectivity index (χ0v) is 23.0. The molecule has 0 saturated carbocycles. The number of rotatable bonds is 8. The molecule has 0 aromatic heterocycles. The number of amides is 2. The van der Waals surface area contributed by atoms with E-state index in [-0.39, 0.29) is 37.1 Å². The molecule has 4 rings (SSSR count). The molecule has 3 aromatic rings. The zero-order valence-electron chi connectivity index (χ0n) is 20.6. The van der Waals surface area contributed by atoms with Crippen LogP contribution in [0.25, 0.3) is 6.08 Å². The first kappa shape index (κ1) is 28.5. The summed E-state index contributed by atoms with van der Waals surface area (Å²) in [5, 5.41) is 23.6. The molecule has 15 heteroatoms. The normalized spacial score (nSPS) is 13.9. The molecule has 0 aliphatic carbocycles. The molecule has 0 atom stereocenters. The van der Waals surface area contributed by atoms with Crippen molar-refractivity contribution in [2.24, 2.45) is 0 Å². The Morgan fingerprint density at radius 2 is 1.77 bits per heavy atom. The molecule has 1 N–H and O–H groups in total. The number of methoxy groups -OCH3 is 1. The number of non-ortho nitro benzene ring substituents is 1. The number of benzene rings is 3. The summed E-state index contributed by atoms with van der Waals surface area (Å²) in [7, 11) is 1.35. The summed E-state index contributed by atoms with van der Waals surface area (Å²) in [6.07, 6.45) is 1.52. The highest BCUT2D eigenvalue weighted by molar-refractivity contribution is 8.26. The number of nitrogens with one attached hydrogen (secondary N) is 1. The number of carbonyl (C=O) groups is 2. The second kappa shape index (κ2) is 11.7. The molecule has 0 spiro atoms. The Kier molecular flexibility index (Phi) is 8.32. The maximum Gasteiger partial charge on any atom is 0.318 e. The minimum atomic E-state index is -0.795. The van der Waals surface area contributed by atoms with E-state index in [0.717, 1.165) is 40.5 Å². The summed E-state index contributed by atoms with van der Waals surface area (Å²) in [5.41, 5.74) is 2.95. The first-order valence-electron chi connectivity index (χ1n) is 11.1. The van der Waals surface area contributed by atoms with Gasteiger partial charge in [0.25, 0.3) is 17.5 Å². The van der Waals surface area contributed by atoms with E-state index in [1.165, 1.54) is 25.3 Å². The molecule has 1 heterocycles. The predicted octanol–water partition coefficient (Wildman–Crippen LogP) is 5.81. The van der Waals surface area contributed by atoms with Gasteiger partial charge in [-0.3, -0.25) is 35.2 Å². The van der Waals surface area contributed by atoms with Gasteiger partial charge in [-0.15, -0.1) is 0 Å². The SMILES string of the molecule is COc1cc(/C=C2/SC(=S)N(NC(=O)c3ccc(C)cc3Cl)C2=O)ccc1Oc1ccc([N+](=O)[O-])cc1[N+](=O)[O-]. The van der Waals surface area contributed by atoms with Gasteiger partial charge in [0, 0.05) is 6.07 Å². The van der Waals surface area contributed by atoms with Crippen molar-refractivity contribution in [3.8, 4) is 17.2 Å². The van der Waals surface area contributed by atoms with Crippen LogP contribution in [-0.4, -0.2) is 38.1 Å². The minimum Gasteiger partial charge on any atom is -0.493 e. The Morgan fingerprint density at radius 1 is 1.05 bits per heavy atom. The molecule has 1 aliphatic heterocycles. The van der Waals surface area contributed by atoms with Crippen molar-refractivity contribution in [3.63, 3.8) is 0 Å². The van der Waals surface area contributed by atoms with Gasteiger partial charge in [0.05, 0.1) is 38.5 Å². The van der Waals surface area contributed by atoms with E-state index in [2.05, 4.69) is 5.43 Å². The van der Waals surface area contributed by atoms with Gasteiger partial charge in [-0.05, 0) is 66.7 Å². The average molecular weight is 601 g/mol. The molecule has 0 unspecified atom stereocenters. The van der Waals surface area contributed by atoms with E-state index in [9.17, 15) is 29.8 Å². The van der Waals surface area contributed by atoms with E-state index in [4.69, 9.17) is 33.3 Å². The standard InChI is InChI=1S/C25H17ClN4O8S2/c1-13-3-6-16(17(26)9-13)23(31)27-28-24(32)22(40-25(28)39)11-14-4-7-20(21(10-14)37-2)38-19-8-5-15(29(33)34)12-18(19)30(35)36/h3-12H,1-2H3,(H,27,31)/b22-11+. The van der Waals surface area contributed by atoms with Gasteiger partial charge >= 0.3 is 5.69 Å². The highest BCUT2D eigenvalue weighted by Gasteiger charge is 2.34. The lowest BCUT2D eigenvalue weighted by Crippen LogP contribution is -2.44. The molecule has 0 radical (unpaired) electrons. The number of hydrogen-bond acceptors (Lipinski definition) is 10. The molecule has 0 bridgehead atoms. The molecule has 1 aliphatic rings. The van der Waals surface area contributed by atoms with Gasteiger partial charge in [-0.2, -0.15) is 5.01 Å². The number of nitrogens with zero attached hydrogens (tertiary/aromatic N) is 3. The number of carbonyl (C=O) groups excluding carboxylic acids is 2. The summed E-state index contributed by atoms with van der Waals surface area (Å²) in [4.78, 5) is 46.8. The van der Waals surface area contributed by atoms with Gasteiger partial charge < -0.3 is 9.47 Å². The van der Waals surface area contributed by atoms with Crippen LogP contribution in [0.2, 0.25) is 5.02 Å². The van der Waals surface area contributed by atoms with E-state index in [1.54, 1.807) is 24.3 Å². The van der Waals surface area contributed by atoms with Crippen molar-refractivity contribution >= 4 is 69.2 Å². The van der Waals surface area contributed by atoms with Crippen molar-refractivity contribution in [3.05, 3.63) is 101 Å². The summed E-state index contributed by atoms with van der Waals surface area (Å²) in [6.45, 7) is 1.83. The van der Waals surface area contributed by atoms with E-state index in [0.29, 0.717) is 5.56 Å². The van der Waals surface area contributed by atoms with Gasteiger partial charge in [0.15, 0.2) is 15.8 Å². The Labute approximate surface area is 240 Å². The maximum atomic E-state index is 13.0. The zero-order chi connectivity index (χ0) is 29.1. The van der Waals surface area contributed by atoms with Crippen molar-refractivity contribution in [1.82, 2.24) is 10.4 Å². The fourth-order valence-electron chi connectivity index (χ4n) is 3.51. The Hall–Kier alpha value is -4.53. The topological polar surface area (TPSA) is 154 Å². The number of nitro benzene ring substituents is 2. The molecule has 40 heavy (non-hydrogen) atoms. The lowest BCUT2D eigenvalue weighted by molar-refractivity contribution is -0.394. The number of nitro groups is 2.